The first-order chi connectivity index (χ1) is 8.70. The summed E-state index contributed by atoms with van der Waals surface area (Å²) >= 11 is 6.00. The smallest absolute Gasteiger partial charge is 0.137 e. The molecule has 0 aromatic heterocycles. The van der Waals surface area contributed by atoms with Gasteiger partial charge in [-0.2, -0.15) is 0 Å². The fraction of sp³-hybridized carbons (Fsp3) is 0.600. The normalized spacial score (nSPS) is 10.9. The third kappa shape index (κ3) is 6.87. The zero-order valence-electron chi connectivity index (χ0n) is 11.4. The van der Waals surface area contributed by atoms with Gasteiger partial charge in [0.2, 0.25) is 0 Å². The lowest BCUT2D eigenvalue weighted by Crippen LogP contribution is -2.20. The summed E-state index contributed by atoms with van der Waals surface area (Å²) in [6.45, 7) is 7.41. The molecule has 0 saturated carbocycles. The molecule has 1 rings (SSSR count). The van der Waals surface area contributed by atoms with E-state index in [0.29, 0.717) is 5.02 Å². The number of benzene rings is 1. The van der Waals surface area contributed by atoms with Crippen LogP contribution in [0.5, 0.6) is 5.75 Å². The highest BCUT2D eigenvalue weighted by Gasteiger charge is 1.99. The maximum atomic E-state index is 6.00. The largest absolute Gasteiger partial charge is 0.492 e. The standard InChI is InChI=1S/C15H24ClNO/c1-13(2)12-17-10-6-3-7-11-18-15-9-5-4-8-14(15)16/h4-5,8-9,13,17H,3,6-7,10-12H2,1-2H3. The first-order valence-corrected chi connectivity index (χ1v) is 7.16. The van der Waals surface area contributed by atoms with E-state index < -0.39 is 0 Å². The monoisotopic (exact) mass is 269 g/mol. The van der Waals surface area contributed by atoms with Gasteiger partial charge in [-0.15, -0.1) is 0 Å². The summed E-state index contributed by atoms with van der Waals surface area (Å²) in [5, 5.41) is 4.13. The molecule has 3 heteroatoms. The molecule has 1 N–H and O–H groups in total. The van der Waals surface area contributed by atoms with Gasteiger partial charge in [0.05, 0.1) is 11.6 Å². The Balaban J connectivity index is 1.98. The van der Waals surface area contributed by atoms with Crippen molar-refractivity contribution in [2.24, 2.45) is 5.92 Å². The molecule has 0 aliphatic rings. The molecule has 0 atom stereocenters. The summed E-state index contributed by atoms with van der Waals surface area (Å²) in [4.78, 5) is 0. The van der Waals surface area contributed by atoms with E-state index in [2.05, 4.69) is 19.2 Å². The van der Waals surface area contributed by atoms with Crippen molar-refractivity contribution in [2.45, 2.75) is 33.1 Å². The minimum absolute atomic E-state index is 0.691. The van der Waals surface area contributed by atoms with Crippen molar-refractivity contribution in [1.29, 1.82) is 0 Å². The number of nitrogens with one attached hydrogen (secondary N) is 1. The summed E-state index contributed by atoms with van der Waals surface area (Å²) in [6, 6.07) is 7.62. The van der Waals surface area contributed by atoms with E-state index in [0.717, 1.165) is 37.8 Å². The van der Waals surface area contributed by atoms with Crippen LogP contribution in [0.4, 0.5) is 0 Å². The zero-order valence-corrected chi connectivity index (χ0v) is 12.2. The van der Waals surface area contributed by atoms with E-state index in [1.165, 1.54) is 12.8 Å². The van der Waals surface area contributed by atoms with Crippen LogP contribution >= 0.6 is 11.6 Å². The number of hydrogen-bond donors (Lipinski definition) is 1. The van der Waals surface area contributed by atoms with Crippen LogP contribution in [0.3, 0.4) is 0 Å². The minimum Gasteiger partial charge on any atom is -0.492 e. The maximum absolute atomic E-state index is 6.00. The average Bonchev–Trinajstić information content (AvgIpc) is 2.34. The number of ether oxygens (including phenoxy) is 1. The second kappa shape index (κ2) is 9.23. The van der Waals surface area contributed by atoms with Crippen molar-refractivity contribution in [3.8, 4) is 5.75 Å². The fourth-order valence-corrected chi connectivity index (χ4v) is 1.85. The SMILES string of the molecule is CC(C)CNCCCCCOc1ccccc1Cl. The lowest BCUT2D eigenvalue weighted by atomic mass is 10.2. The van der Waals surface area contributed by atoms with Crippen molar-refractivity contribution in [3.63, 3.8) is 0 Å². The Kier molecular flexibility index (Phi) is 7.86. The number of unbranched alkanes of at least 4 members (excludes halogenated alkanes) is 2. The van der Waals surface area contributed by atoms with Gasteiger partial charge in [0.15, 0.2) is 0 Å². The molecule has 0 aliphatic heterocycles. The predicted octanol–water partition coefficient (Wildman–Crippen LogP) is 4.13. The number of rotatable bonds is 9. The van der Waals surface area contributed by atoms with Crippen molar-refractivity contribution in [2.75, 3.05) is 19.7 Å². The van der Waals surface area contributed by atoms with Crippen molar-refractivity contribution in [3.05, 3.63) is 29.3 Å². The van der Waals surface area contributed by atoms with Crippen LogP contribution in [0.2, 0.25) is 5.02 Å². The zero-order chi connectivity index (χ0) is 13.2. The highest BCUT2D eigenvalue weighted by Crippen LogP contribution is 2.23. The molecule has 0 bridgehead atoms. The molecule has 102 valence electrons. The summed E-state index contributed by atoms with van der Waals surface area (Å²) in [5.74, 6) is 1.52. The molecule has 0 radical (unpaired) electrons. The van der Waals surface area contributed by atoms with Gasteiger partial charge >= 0.3 is 0 Å². The van der Waals surface area contributed by atoms with Gasteiger partial charge in [-0.1, -0.05) is 37.6 Å². The number of para-hydroxylation sites is 1. The Morgan fingerprint density at radius 1 is 1.17 bits per heavy atom. The van der Waals surface area contributed by atoms with Gasteiger partial charge < -0.3 is 10.1 Å². The highest BCUT2D eigenvalue weighted by molar-refractivity contribution is 6.32. The first-order valence-electron chi connectivity index (χ1n) is 6.78. The molecule has 0 amide bonds. The van der Waals surface area contributed by atoms with Crippen LogP contribution in [-0.4, -0.2) is 19.7 Å². The Hall–Kier alpha value is -0.730. The molecule has 0 heterocycles. The lowest BCUT2D eigenvalue weighted by Gasteiger charge is -2.08. The summed E-state index contributed by atoms with van der Waals surface area (Å²) in [7, 11) is 0. The summed E-state index contributed by atoms with van der Waals surface area (Å²) in [6.07, 6.45) is 3.47. The number of hydrogen-bond acceptors (Lipinski definition) is 2. The van der Waals surface area contributed by atoms with Crippen LogP contribution in [0, 0.1) is 5.92 Å². The molecule has 0 unspecified atom stereocenters. The van der Waals surface area contributed by atoms with Crippen LogP contribution in [0.1, 0.15) is 33.1 Å². The Morgan fingerprint density at radius 2 is 1.94 bits per heavy atom. The summed E-state index contributed by atoms with van der Waals surface area (Å²) in [5.41, 5.74) is 0. The highest BCUT2D eigenvalue weighted by atomic mass is 35.5. The molecule has 0 spiro atoms. The van der Waals surface area contributed by atoms with Gasteiger partial charge in [-0.25, -0.2) is 0 Å². The van der Waals surface area contributed by atoms with Crippen molar-refractivity contribution < 1.29 is 4.74 Å². The first kappa shape index (κ1) is 15.3. The summed E-state index contributed by atoms with van der Waals surface area (Å²) < 4.78 is 5.63. The molecule has 0 fully saturated rings. The van der Waals surface area contributed by atoms with Crippen LogP contribution < -0.4 is 10.1 Å². The molecule has 1 aromatic carbocycles. The second-order valence-corrected chi connectivity index (χ2v) is 5.34. The average molecular weight is 270 g/mol. The maximum Gasteiger partial charge on any atom is 0.137 e. The van der Waals surface area contributed by atoms with E-state index in [1.807, 2.05) is 24.3 Å². The predicted molar refractivity (Wildman–Crippen MR) is 78.5 cm³/mol. The Bertz CT molecular complexity index is 328. The second-order valence-electron chi connectivity index (χ2n) is 4.94. The van der Waals surface area contributed by atoms with Crippen molar-refractivity contribution >= 4 is 11.6 Å². The van der Waals surface area contributed by atoms with Gasteiger partial charge in [-0.3, -0.25) is 0 Å². The molecule has 0 saturated heterocycles. The Labute approximate surface area is 116 Å². The van der Waals surface area contributed by atoms with E-state index in [-0.39, 0.29) is 0 Å². The van der Waals surface area contributed by atoms with Gasteiger partial charge in [0.25, 0.3) is 0 Å². The van der Waals surface area contributed by atoms with E-state index >= 15 is 0 Å². The van der Waals surface area contributed by atoms with Gasteiger partial charge in [0.1, 0.15) is 5.75 Å². The quantitative estimate of drug-likeness (QED) is 0.681. The Morgan fingerprint density at radius 3 is 2.67 bits per heavy atom. The van der Waals surface area contributed by atoms with Crippen LogP contribution in [-0.2, 0) is 0 Å². The van der Waals surface area contributed by atoms with Crippen LogP contribution in [0.25, 0.3) is 0 Å². The molecule has 0 aliphatic carbocycles. The van der Waals surface area contributed by atoms with Gasteiger partial charge in [0, 0.05) is 0 Å². The van der Waals surface area contributed by atoms with E-state index in [1.54, 1.807) is 0 Å². The molecular formula is C15H24ClNO. The minimum atomic E-state index is 0.691. The third-order valence-electron chi connectivity index (χ3n) is 2.64. The number of halogens is 1. The van der Waals surface area contributed by atoms with Crippen molar-refractivity contribution in [1.82, 2.24) is 5.32 Å². The molecule has 18 heavy (non-hydrogen) atoms. The molecular weight excluding hydrogens is 246 g/mol. The van der Waals surface area contributed by atoms with Gasteiger partial charge in [-0.05, 0) is 50.4 Å². The van der Waals surface area contributed by atoms with E-state index in [4.69, 9.17) is 16.3 Å². The molecule has 2 nitrogen and oxygen atoms in total. The van der Waals surface area contributed by atoms with E-state index in [9.17, 15) is 0 Å². The fourth-order valence-electron chi connectivity index (χ4n) is 1.66. The third-order valence-corrected chi connectivity index (χ3v) is 2.96. The lowest BCUT2D eigenvalue weighted by molar-refractivity contribution is 0.305. The van der Waals surface area contributed by atoms with Crippen LogP contribution in [0.15, 0.2) is 24.3 Å². The topological polar surface area (TPSA) is 21.3 Å². The molecule has 1 aromatic rings.